The van der Waals surface area contributed by atoms with Crippen LogP contribution in [0.1, 0.15) is 23.7 Å². The van der Waals surface area contributed by atoms with Crippen molar-refractivity contribution in [2.75, 3.05) is 25.5 Å². The Morgan fingerprint density at radius 2 is 2.06 bits per heavy atom. The zero-order chi connectivity index (χ0) is 13.5. The molecular formula is C13H18F2N2O. The molecule has 0 aromatic heterocycles. The number of carbonyl (C=O) groups is 1. The van der Waals surface area contributed by atoms with Crippen LogP contribution in [0, 0.1) is 0 Å². The van der Waals surface area contributed by atoms with Gasteiger partial charge < -0.3 is 10.2 Å². The molecule has 1 N–H and O–H groups in total. The number of carbonyl (C=O) groups excluding carboxylic acids is 1. The van der Waals surface area contributed by atoms with Crippen LogP contribution in [0.4, 0.5) is 14.5 Å². The second kappa shape index (κ2) is 6.93. The summed E-state index contributed by atoms with van der Waals surface area (Å²) >= 11 is 0. The van der Waals surface area contributed by atoms with E-state index in [9.17, 15) is 13.6 Å². The lowest BCUT2D eigenvalue weighted by Crippen LogP contribution is -2.31. The van der Waals surface area contributed by atoms with Crippen molar-refractivity contribution in [3.8, 4) is 0 Å². The van der Waals surface area contributed by atoms with E-state index in [-0.39, 0.29) is 0 Å². The molecule has 1 aromatic rings. The molecule has 0 spiro atoms. The van der Waals surface area contributed by atoms with Gasteiger partial charge in [0.25, 0.3) is 12.3 Å². The molecule has 0 aliphatic heterocycles. The molecule has 0 unspecified atom stereocenters. The zero-order valence-corrected chi connectivity index (χ0v) is 10.6. The lowest BCUT2D eigenvalue weighted by Gasteiger charge is -2.19. The minimum atomic E-state index is -2.52. The predicted octanol–water partition coefficient (Wildman–Crippen LogP) is 2.85. The summed E-state index contributed by atoms with van der Waals surface area (Å²) in [6, 6.07) is 6.95. The Labute approximate surface area is 106 Å². The first kappa shape index (κ1) is 14.4. The third-order valence-corrected chi connectivity index (χ3v) is 2.48. The minimum absolute atomic E-state index is 0.394. The third kappa shape index (κ3) is 3.98. The number of hydrogen-bond acceptors (Lipinski definition) is 2. The van der Waals surface area contributed by atoms with Crippen LogP contribution >= 0.6 is 0 Å². The van der Waals surface area contributed by atoms with Crippen LogP contribution in [-0.4, -0.2) is 37.4 Å². The second-order valence-corrected chi connectivity index (χ2v) is 4.05. The summed E-state index contributed by atoms with van der Waals surface area (Å²) in [6.07, 6.45) is -1.59. The molecule has 0 fully saturated rings. The van der Waals surface area contributed by atoms with E-state index in [1.54, 1.807) is 18.2 Å². The second-order valence-electron chi connectivity index (χ2n) is 4.05. The summed E-state index contributed by atoms with van der Waals surface area (Å²) in [5.41, 5.74) is 1.11. The van der Waals surface area contributed by atoms with Crippen molar-refractivity contribution in [2.45, 2.75) is 19.8 Å². The number of amides is 1. The van der Waals surface area contributed by atoms with Crippen molar-refractivity contribution >= 4 is 11.6 Å². The third-order valence-electron chi connectivity index (χ3n) is 2.48. The molecule has 1 aromatic carbocycles. The lowest BCUT2D eigenvalue weighted by atomic mass is 10.1. The molecule has 0 aliphatic rings. The molecule has 18 heavy (non-hydrogen) atoms. The molecule has 0 atom stereocenters. The minimum Gasteiger partial charge on any atom is -0.384 e. The smallest absolute Gasteiger partial charge is 0.255 e. The van der Waals surface area contributed by atoms with Gasteiger partial charge in [-0.15, -0.1) is 0 Å². The highest BCUT2D eigenvalue weighted by molar-refractivity contribution is 5.99. The monoisotopic (exact) mass is 256 g/mol. The van der Waals surface area contributed by atoms with Gasteiger partial charge in [0.15, 0.2) is 0 Å². The number of halogens is 2. The number of para-hydroxylation sites is 1. The number of hydrogen-bond donors (Lipinski definition) is 1. The van der Waals surface area contributed by atoms with E-state index in [1.807, 2.05) is 13.0 Å². The summed E-state index contributed by atoms with van der Waals surface area (Å²) in [5, 5.41) is 3.12. The maximum absolute atomic E-state index is 12.3. The number of alkyl halides is 2. The van der Waals surface area contributed by atoms with E-state index >= 15 is 0 Å². The first-order valence-corrected chi connectivity index (χ1v) is 5.92. The molecule has 0 bridgehead atoms. The molecule has 0 saturated heterocycles. The van der Waals surface area contributed by atoms with Crippen molar-refractivity contribution in [3.05, 3.63) is 29.8 Å². The van der Waals surface area contributed by atoms with Gasteiger partial charge in [-0.05, 0) is 18.6 Å². The van der Waals surface area contributed by atoms with Crippen molar-refractivity contribution in [2.24, 2.45) is 0 Å². The van der Waals surface area contributed by atoms with Crippen LogP contribution in [0.15, 0.2) is 24.3 Å². The summed E-state index contributed by atoms with van der Waals surface area (Å²) in [6.45, 7) is 2.20. The highest BCUT2D eigenvalue weighted by Crippen LogP contribution is 2.17. The first-order chi connectivity index (χ1) is 8.56. The van der Waals surface area contributed by atoms with Crippen molar-refractivity contribution in [1.82, 2.24) is 4.90 Å². The number of nitrogens with zero attached hydrogens (tertiary/aromatic N) is 1. The molecular weight excluding hydrogens is 238 g/mol. The molecule has 0 heterocycles. The van der Waals surface area contributed by atoms with Crippen LogP contribution in [0.5, 0.6) is 0 Å². The molecule has 1 amide bonds. The van der Waals surface area contributed by atoms with Gasteiger partial charge in [-0.2, -0.15) is 0 Å². The van der Waals surface area contributed by atoms with Gasteiger partial charge in [-0.3, -0.25) is 4.79 Å². The van der Waals surface area contributed by atoms with E-state index in [4.69, 9.17) is 0 Å². The van der Waals surface area contributed by atoms with Crippen LogP contribution in [0.2, 0.25) is 0 Å². The summed E-state index contributed by atoms with van der Waals surface area (Å²) in [4.78, 5) is 13.1. The lowest BCUT2D eigenvalue weighted by molar-refractivity contribution is 0.0621. The Bertz CT molecular complexity index is 396. The molecule has 0 radical (unpaired) electrons. The van der Waals surface area contributed by atoms with Gasteiger partial charge >= 0.3 is 0 Å². The Kier molecular flexibility index (Phi) is 5.55. The molecule has 5 heteroatoms. The number of rotatable bonds is 6. The van der Waals surface area contributed by atoms with E-state index in [0.29, 0.717) is 11.3 Å². The van der Waals surface area contributed by atoms with Gasteiger partial charge in [-0.1, -0.05) is 19.1 Å². The number of anilines is 1. The Hall–Kier alpha value is -1.65. The molecule has 1 rings (SSSR count). The first-order valence-electron chi connectivity index (χ1n) is 5.92. The Balaban J connectivity index is 2.84. The standard InChI is InChI=1S/C13H18F2N2O/c1-3-8-16-11-7-5-4-6-10(11)13(18)17(2)9-12(14)15/h4-7,12,16H,3,8-9H2,1-2H3. The van der Waals surface area contributed by atoms with Crippen molar-refractivity contribution < 1.29 is 13.6 Å². The van der Waals surface area contributed by atoms with Gasteiger partial charge in [0.2, 0.25) is 0 Å². The van der Waals surface area contributed by atoms with Crippen LogP contribution in [-0.2, 0) is 0 Å². The molecule has 0 aliphatic carbocycles. The fourth-order valence-corrected chi connectivity index (χ4v) is 1.58. The number of nitrogens with one attached hydrogen (secondary N) is 1. The fourth-order valence-electron chi connectivity index (χ4n) is 1.58. The van der Waals surface area contributed by atoms with Gasteiger partial charge in [0.05, 0.1) is 12.1 Å². The fraction of sp³-hybridized carbons (Fsp3) is 0.462. The van der Waals surface area contributed by atoms with Gasteiger partial charge in [-0.25, -0.2) is 8.78 Å². The quantitative estimate of drug-likeness (QED) is 0.848. The number of benzene rings is 1. The molecule has 3 nitrogen and oxygen atoms in total. The van der Waals surface area contributed by atoms with Gasteiger partial charge in [0, 0.05) is 19.3 Å². The van der Waals surface area contributed by atoms with E-state index in [0.717, 1.165) is 17.9 Å². The van der Waals surface area contributed by atoms with Crippen molar-refractivity contribution in [1.29, 1.82) is 0 Å². The topological polar surface area (TPSA) is 32.3 Å². The summed E-state index contributed by atoms with van der Waals surface area (Å²) in [7, 11) is 1.38. The molecule has 100 valence electrons. The van der Waals surface area contributed by atoms with Gasteiger partial charge in [0.1, 0.15) is 0 Å². The maximum atomic E-state index is 12.3. The predicted molar refractivity (Wildman–Crippen MR) is 68.2 cm³/mol. The van der Waals surface area contributed by atoms with E-state index in [2.05, 4.69) is 5.32 Å². The summed E-state index contributed by atoms with van der Waals surface area (Å²) in [5.74, 6) is -0.394. The summed E-state index contributed by atoms with van der Waals surface area (Å²) < 4.78 is 24.5. The van der Waals surface area contributed by atoms with Crippen LogP contribution in [0.3, 0.4) is 0 Å². The maximum Gasteiger partial charge on any atom is 0.255 e. The van der Waals surface area contributed by atoms with Crippen molar-refractivity contribution in [3.63, 3.8) is 0 Å². The Morgan fingerprint density at radius 3 is 2.67 bits per heavy atom. The average molecular weight is 256 g/mol. The zero-order valence-electron chi connectivity index (χ0n) is 10.6. The van der Waals surface area contributed by atoms with E-state index < -0.39 is 18.9 Å². The highest BCUT2D eigenvalue weighted by atomic mass is 19.3. The van der Waals surface area contributed by atoms with Crippen LogP contribution < -0.4 is 5.32 Å². The largest absolute Gasteiger partial charge is 0.384 e. The van der Waals surface area contributed by atoms with E-state index in [1.165, 1.54) is 7.05 Å². The molecule has 0 saturated carbocycles. The normalized spacial score (nSPS) is 10.5. The van der Waals surface area contributed by atoms with Crippen LogP contribution in [0.25, 0.3) is 0 Å². The highest BCUT2D eigenvalue weighted by Gasteiger charge is 2.18. The average Bonchev–Trinajstić information content (AvgIpc) is 2.35. The SMILES string of the molecule is CCCNc1ccccc1C(=O)N(C)CC(F)F. The Morgan fingerprint density at radius 1 is 1.39 bits per heavy atom.